The smallest absolute Gasteiger partial charge is 0.219 e. The van der Waals surface area contributed by atoms with E-state index in [1.54, 1.807) is 7.11 Å². The largest absolute Gasteiger partial charge is 0.481 e. The topological polar surface area (TPSA) is 35.0 Å². The fourth-order valence-corrected chi connectivity index (χ4v) is 1.17. The van der Waals surface area contributed by atoms with Crippen molar-refractivity contribution in [2.45, 2.75) is 18.8 Å². The second-order valence-electron chi connectivity index (χ2n) is 2.76. The summed E-state index contributed by atoms with van der Waals surface area (Å²) in [5, 5.41) is 0. The molecule has 3 heteroatoms. The average Bonchev–Trinajstić information content (AvgIpc) is 2.87. The van der Waals surface area contributed by atoms with Gasteiger partial charge in [-0.15, -0.1) is 0 Å². The lowest BCUT2D eigenvalue weighted by atomic mass is 10.2. The average molecular weight is 150 g/mol. The molecular weight excluding hydrogens is 140 g/mol. The van der Waals surface area contributed by atoms with E-state index in [9.17, 15) is 0 Å². The van der Waals surface area contributed by atoms with Crippen molar-refractivity contribution in [1.82, 2.24) is 9.97 Å². The van der Waals surface area contributed by atoms with Gasteiger partial charge in [0.25, 0.3) is 0 Å². The van der Waals surface area contributed by atoms with E-state index in [1.807, 2.05) is 6.20 Å². The second kappa shape index (κ2) is 2.49. The third-order valence-electron chi connectivity index (χ3n) is 1.91. The van der Waals surface area contributed by atoms with Gasteiger partial charge in [0.05, 0.1) is 7.11 Å². The van der Waals surface area contributed by atoms with E-state index in [2.05, 4.69) is 9.97 Å². The second-order valence-corrected chi connectivity index (χ2v) is 2.76. The summed E-state index contributed by atoms with van der Waals surface area (Å²) in [5.74, 6) is 1.40. The Kier molecular flexibility index (Phi) is 1.49. The molecule has 0 spiro atoms. The zero-order chi connectivity index (χ0) is 7.68. The molecule has 1 aliphatic rings. The first kappa shape index (κ1) is 6.58. The predicted molar refractivity (Wildman–Crippen MR) is 40.6 cm³/mol. The molecule has 1 aromatic rings. The monoisotopic (exact) mass is 150 g/mol. The van der Waals surface area contributed by atoms with E-state index in [0.29, 0.717) is 5.92 Å². The molecule has 1 heterocycles. The van der Waals surface area contributed by atoms with Crippen LogP contribution < -0.4 is 4.74 Å². The number of rotatable bonds is 2. The maximum atomic E-state index is 5.10. The van der Waals surface area contributed by atoms with E-state index in [0.717, 1.165) is 11.4 Å². The van der Waals surface area contributed by atoms with Gasteiger partial charge in [-0.05, 0) is 18.8 Å². The van der Waals surface area contributed by atoms with E-state index >= 15 is 0 Å². The van der Waals surface area contributed by atoms with Crippen LogP contribution in [0.3, 0.4) is 0 Å². The molecule has 1 aromatic heterocycles. The highest BCUT2D eigenvalue weighted by Crippen LogP contribution is 2.42. The van der Waals surface area contributed by atoms with Crippen molar-refractivity contribution in [3.8, 4) is 5.88 Å². The molecule has 1 aliphatic carbocycles. The third-order valence-corrected chi connectivity index (χ3v) is 1.91. The van der Waals surface area contributed by atoms with E-state index < -0.39 is 0 Å². The molecule has 0 bridgehead atoms. The van der Waals surface area contributed by atoms with Gasteiger partial charge >= 0.3 is 0 Å². The van der Waals surface area contributed by atoms with Crippen LogP contribution in [0.4, 0.5) is 0 Å². The summed E-state index contributed by atoms with van der Waals surface area (Å²) in [7, 11) is 1.65. The Morgan fingerprint density at radius 2 is 2.36 bits per heavy atom. The van der Waals surface area contributed by atoms with Crippen LogP contribution in [-0.4, -0.2) is 17.1 Å². The highest BCUT2D eigenvalue weighted by atomic mass is 16.5. The fourth-order valence-electron chi connectivity index (χ4n) is 1.17. The van der Waals surface area contributed by atoms with Crippen LogP contribution in [0, 0.1) is 0 Å². The van der Waals surface area contributed by atoms with Gasteiger partial charge < -0.3 is 4.74 Å². The highest BCUT2D eigenvalue weighted by Gasteiger charge is 2.27. The van der Waals surface area contributed by atoms with Crippen molar-refractivity contribution in [3.63, 3.8) is 0 Å². The Labute approximate surface area is 65.4 Å². The van der Waals surface area contributed by atoms with Crippen molar-refractivity contribution in [2.24, 2.45) is 0 Å². The molecule has 11 heavy (non-hydrogen) atoms. The predicted octanol–water partition coefficient (Wildman–Crippen LogP) is 1.36. The quantitative estimate of drug-likeness (QED) is 0.638. The minimum Gasteiger partial charge on any atom is -0.481 e. The minimum atomic E-state index is 0.658. The summed E-state index contributed by atoms with van der Waals surface area (Å²) in [5.41, 5.74) is 1.16. The summed E-state index contributed by atoms with van der Waals surface area (Å²) in [6.07, 6.45) is 5.88. The summed E-state index contributed by atoms with van der Waals surface area (Å²) < 4.78 is 5.10. The maximum Gasteiger partial charge on any atom is 0.219 e. The zero-order valence-electron chi connectivity index (χ0n) is 6.45. The number of hydrogen-bond donors (Lipinski definition) is 0. The summed E-state index contributed by atoms with van der Waals surface area (Å²) in [6.45, 7) is 0. The Morgan fingerprint density at radius 1 is 1.55 bits per heavy atom. The molecule has 1 saturated carbocycles. The van der Waals surface area contributed by atoms with Crippen LogP contribution in [0.1, 0.15) is 24.3 Å². The van der Waals surface area contributed by atoms with Crippen LogP contribution in [0.2, 0.25) is 0 Å². The van der Waals surface area contributed by atoms with Crippen LogP contribution in [0.25, 0.3) is 0 Å². The van der Waals surface area contributed by atoms with E-state index in [4.69, 9.17) is 4.74 Å². The van der Waals surface area contributed by atoms with Gasteiger partial charge in [0.2, 0.25) is 5.88 Å². The minimum absolute atomic E-state index is 0.658. The normalized spacial score (nSPS) is 16.5. The number of ether oxygens (including phenoxy) is 1. The lowest BCUT2D eigenvalue weighted by Crippen LogP contribution is -1.93. The van der Waals surface area contributed by atoms with Crippen LogP contribution in [0.15, 0.2) is 12.5 Å². The first-order valence-electron chi connectivity index (χ1n) is 3.75. The SMILES string of the molecule is COc1ncncc1C1CC1. The van der Waals surface area contributed by atoms with Gasteiger partial charge in [-0.2, -0.15) is 0 Å². The molecule has 0 unspecified atom stereocenters. The third kappa shape index (κ3) is 1.18. The first-order valence-corrected chi connectivity index (χ1v) is 3.75. The molecule has 0 radical (unpaired) electrons. The number of nitrogens with zero attached hydrogens (tertiary/aromatic N) is 2. The Morgan fingerprint density at radius 3 is 3.00 bits per heavy atom. The van der Waals surface area contributed by atoms with E-state index in [1.165, 1.54) is 19.2 Å². The molecule has 0 N–H and O–H groups in total. The van der Waals surface area contributed by atoms with Crippen LogP contribution in [0.5, 0.6) is 5.88 Å². The van der Waals surface area contributed by atoms with Gasteiger partial charge in [0.15, 0.2) is 0 Å². The molecule has 1 fully saturated rings. The maximum absolute atomic E-state index is 5.10. The van der Waals surface area contributed by atoms with Crippen molar-refractivity contribution >= 4 is 0 Å². The van der Waals surface area contributed by atoms with Crippen molar-refractivity contribution in [2.75, 3.05) is 7.11 Å². The molecule has 0 amide bonds. The van der Waals surface area contributed by atoms with Gasteiger partial charge in [-0.3, -0.25) is 0 Å². The molecular formula is C8H10N2O. The highest BCUT2D eigenvalue weighted by molar-refractivity contribution is 5.29. The number of aromatic nitrogens is 2. The van der Waals surface area contributed by atoms with Gasteiger partial charge in [0, 0.05) is 11.8 Å². The molecule has 0 aliphatic heterocycles. The number of methoxy groups -OCH3 is 1. The molecule has 3 nitrogen and oxygen atoms in total. The summed E-state index contributed by atoms with van der Waals surface area (Å²) in [4.78, 5) is 7.99. The molecule has 0 saturated heterocycles. The van der Waals surface area contributed by atoms with Gasteiger partial charge in [0.1, 0.15) is 6.33 Å². The van der Waals surface area contributed by atoms with Crippen LogP contribution in [-0.2, 0) is 0 Å². The fraction of sp³-hybridized carbons (Fsp3) is 0.500. The van der Waals surface area contributed by atoms with Gasteiger partial charge in [-0.25, -0.2) is 9.97 Å². The lowest BCUT2D eigenvalue weighted by molar-refractivity contribution is 0.391. The Balaban J connectivity index is 2.34. The van der Waals surface area contributed by atoms with Crippen molar-refractivity contribution < 1.29 is 4.74 Å². The lowest BCUT2D eigenvalue weighted by Gasteiger charge is -2.02. The summed E-state index contributed by atoms with van der Waals surface area (Å²) in [6, 6.07) is 0. The molecule has 58 valence electrons. The zero-order valence-corrected chi connectivity index (χ0v) is 6.45. The van der Waals surface area contributed by atoms with Crippen LogP contribution >= 0.6 is 0 Å². The Hall–Kier alpha value is -1.12. The van der Waals surface area contributed by atoms with Crippen molar-refractivity contribution in [1.29, 1.82) is 0 Å². The molecule has 2 rings (SSSR count). The Bertz CT molecular complexity index is 258. The standard InChI is InChI=1S/C8H10N2O/c1-11-8-7(6-2-3-6)4-9-5-10-8/h4-6H,2-3H2,1H3. The molecule has 0 atom stereocenters. The summed E-state index contributed by atoms with van der Waals surface area (Å²) >= 11 is 0. The number of hydrogen-bond acceptors (Lipinski definition) is 3. The van der Waals surface area contributed by atoms with Gasteiger partial charge in [-0.1, -0.05) is 0 Å². The van der Waals surface area contributed by atoms with Crippen molar-refractivity contribution in [3.05, 3.63) is 18.1 Å². The first-order chi connectivity index (χ1) is 5.42. The molecule has 0 aromatic carbocycles. The van der Waals surface area contributed by atoms with E-state index in [-0.39, 0.29) is 0 Å².